The molecule has 10 heteroatoms. The number of carbonyl (C=O) groups is 4. The minimum atomic E-state index is -0.808. The Labute approximate surface area is 218 Å². The fourth-order valence-corrected chi connectivity index (χ4v) is 4.84. The number of amides is 4. The normalized spacial score (nSPS) is 15.6. The lowest BCUT2D eigenvalue weighted by Gasteiger charge is -2.22. The van der Waals surface area contributed by atoms with Gasteiger partial charge in [-0.3, -0.25) is 24.1 Å². The molecule has 1 aliphatic rings. The number of nitrogens with zero attached hydrogens (tertiary/aromatic N) is 1. The zero-order valence-corrected chi connectivity index (χ0v) is 21.9. The third-order valence-electron chi connectivity index (χ3n) is 5.28. The third-order valence-corrected chi connectivity index (χ3v) is 7.26. The van der Waals surface area contributed by atoms with Crippen LogP contribution in [0.3, 0.4) is 0 Å². The highest BCUT2D eigenvalue weighted by atomic mass is 35.5. The summed E-state index contributed by atoms with van der Waals surface area (Å²) in [6.45, 7) is 3.72. The molecule has 0 bridgehead atoms. The van der Waals surface area contributed by atoms with E-state index in [9.17, 15) is 19.2 Å². The molecule has 0 radical (unpaired) electrons. The number of rotatable bonds is 9. The molecule has 7 nitrogen and oxygen atoms in total. The van der Waals surface area contributed by atoms with Crippen molar-refractivity contribution in [1.82, 2.24) is 15.5 Å². The van der Waals surface area contributed by atoms with Crippen LogP contribution < -0.4 is 10.6 Å². The molecule has 0 aromatic heterocycles. The molecule has 2 aromatic rings. The number of halogens is 1. The van der Waals surface area contributed by atoms with Crippen LogP contribution in [0.1, 0.15) is 29.8 Å². The van der Waals surface area contributed by atoms with Crippen molar-refractivity contribution in [3.63, 3.8) is 0 Å². The van der Waals surface area contributed by atoms with Gasteiger partial charge in [-0.2, -0.15) is 0 Å². The van der Waals surface area contributed by atoms with E-state index >= 15 is 0 Å². The predicted octanol–water partition coefficient (Wildman–Crippen LogP) is 4.67. The van der Waals surface area contributed by atoms with Gasteiger partial charge in [0.25, 0.3) is 17.1 Å². The van der Waals surface area contributed by atoms with Gasteiger partial charge < -0.3 is 10.6 Å². The van der Waals surface area contributed by atoms with Crippen LogP contribution in [0.15, 0.2) is 58.3 Å². The van der Waals surface area contributed by atoms with E-state index < -0.39 is 23.8 Å². The average Bonchev–Trinajstić information content (AvgIpc) is 3.10. The highest BCUT2D eigenvalue weighted by Crippen LogP contribution is 2.32. The Hall–Kier alpha value is -2.75. The van der Waals surface area contributed by atoms with E-state index in [0.717, 1.165) is 27.1 Å². The molecular weight excluding hydrogens is 506 g/mol. The molecular formula is C25H26ClN3O4S2. The van der Waals surface area contributed by atoms with Crippen molar-refractivity contribution in [2.24, 2.45) is 5.92 Å². The van der Waals surface area contributed by atoms with E-state index in [4.69, 9.17) is 11.6 Å². The molecule has 3 rings (SSSR count). The lowest BCUT2D eigenvalue weighted by molar-refractivity contribution is -0.125. The van der Waals surface area contributed by atoms with Gasteiger partial charge in [-0.25, -0.2) is 0 Å². The number of hydrogen-bond donors (Lipinski definition) is 2. The number of imide groups is 1. The number of nitrogens with one attached hydrogen (secondary N) is 2. The first-order valence-electron chi connectivity index (χ1n) is 10.9. The van der Waals surface area contributed by atoms with Gasteiger partial charge in [0.05, 0.1) is 15.5 Å². The van der Waals surface area contributed by atoms with E-state index in [2.05, 4.69) is 10.6 Å². The third kappa shape index (κ3) is 6.90. The maximum Gasteiger partial charge on any atom is 0.293 e. The molecule has 1 saturated heterocycles. The minimum absolute atomic E-state index is 0.0302. The first-order chi connectivity index (χ1) is 16.7. The standard InChI is InChI=1S/C25H26ClN3O4S2/c1-15(2)21(28-22(30)18-6-4-5-7-19(18)26)23(31)27-12-13-29-24(32)20(35-25(29)33)14-16-8-10-17(34-3)11-9-16/h4-11,14-15,21H,12-13H2,1-3H3,(H,27,31)(H,28,30)/b20-14-. The van der Waals surface area contributed by atoms with E-state index in [1.54, 1.807) is 42.1 Å². The van der Waals surface area contributed by atoms with E-state index in [1.807, 2.05) is 44.4 Å². The molecule has 184 valence electrons. The van der Waals surface area contributed by atoms with Gasteiger partial charge in [-0.15, -0.1) is 11.8 Å². The number of hydrogen-bond acceptors (Lipinski definition) is 6. The Morgan fingerprint density at radius 3 is 2.43 bits per heavy atom. The van der Waals surface area contributed by atoms with E-state index in [-0.39, 0.29) is 29.8 Å². The van der Waals surface area contributed by atoms with Crippen molar-refractivity contribution in [3.05, 3.63) is 69.6 Å². The number of benzene rings is 2. The van der Waals surface area contributed by atoms with Gasteiger partial charge in [0.2, 0.25) is 5.91 Å². The molecule has 2 aromatic carbocycles. The topological polar surface area (TPSA) is 95.6 Å². The average molecular weight is 532 g/mol. The smallest absolute Gasteiger partial charge is 0.293 e. The summed E-state index contributed by atoms with van der Waals surface area (Å²) in [6.07, 6.45) is 3.67. The fraction of sp³-hybridized carbons (Fsp3) is 0.280. The maximum atomic E-state index is 12.8. The first kappa shape index (κ1) is 26.8. The molecule has 1 aliphatic heterocycles. The van der Waals surface area contributed by atoms with Gasteiger partial charge in [-0.05, 0) is 59.8 Å². The summed E-state index contributed by atoms with van der Waals surface area (Å²) in [5, 5.41) is 5.34. The second-order valence-corrected chi connectivity index (χ2v) is 10.4. The van der Waals surface area contributed by atoms with Crippen LogP contribution in [0, 0.1) is 5.92 Å². The predicted molar refractivity (Wildman–Crippen MR) is 141 cm³/mol. The quantitative estimate of drug-likeness (QED) is 0.360. The van der Waals surface area contributed by atoms with Gasteiger partial charge in [-0.1, -0.05) is 49.7 Å². The van der Waals surface area contributed by atoms with E-state index in [1.165, 1.54) is 0 Å². The van der Waals surface area contributed by atoms with Crippen molar-refractivity contribution < 1.29 is 19.2 Å². The lowest BCUT2D eigenvalue weighted by Crippen LogP contribution is -2.51. The van der Waals surface area contributed by atoms with Crippen LogP contribution in [0.2, 0.25) is 5.02 Å². The van der Waals surface area contributed by atoms with Crippen LogP contribution in [-0.2, 0) is 9.59 Å². The van der Waals surface area contributed by atoms with E-state index in [0.29, 0.717) is 9.93 Å². The van der Waals surface area contributed by atoms with Crippen LogP contribution in [-0.4, -0.2) is 53.2 Å². The fourth-order valence-electron chi connectivity index (χ4n) is 3.34. The summed E-state index contributed by atoms with van der Waals surface area (Å²) in [5.74, 6) is -1.45. The van der Waals surface area contributed by atoms with Gasteiger partial charge >= 0.3 is 0 Å². The summed E-state index contributed by atoms with van der Waals surface area (Å²) in [4.78, 5) is 53.0. The molecule has 1 atom stereocenters. The second kappa shape index (κ2) is 12.3. The summed E-state index contributed by atoms with van der Waals surface area (Å²) >= 11 is 8.58. The van der Waals surface area contributed by atoms with Crippen LogP contribution in [0.4, 0.5) is 4.79 Å². The zero-order chi connectivity index (χ0) is 25.5. The summed E-state index contributed by atoms with van der Waals surface area (Å²) in [5.41, 5.74) is 1.11. The van der Waals surface area contributed by atoms with Crippen LogP contribution >= 0.6 is 35.1 Å². The maximum absolute atomic E-state index is 12.8. The zero-order valence-electron chi connectivity index (χ0n) is 19.5. The van der Waals surface area contributed by atoms with Crippen molar-refractivity contribution in [2.75, 3.05) is 19.3 Å². The monoisotopic (exact) mass is 531 g/mol. The molecule has 0 aliphatic carbocycles. The van der Waals surface area contributed by atoms with Crippen molar-refractivity contribution >= 4 is 64.2 Å². The molecule has 2 N–H and O–H groups in total. The van der Waals surface area contributed by atoms with Gasteiger partial charge in [0.1, 0.15) is 6.04 Å². The molecule has 1 unspecified atom stereocenters. The molecule has 0 saturated carbocycles. The Balaban J connectivity index is 1.57. The van der Waals surface area contributed by atoms with Crippen molar-refractivity contribution in [2.45, 2.75) is 24.8 Å². The second-order valence-electron chi connectivity index (χ2n) is 8.07. The molecule has 35 heavy (non-hydrogen) atoms. The molecule has 1 heterocycles. The lowest BCUT2D eigenvalue weighted by atomic mass is 10.0. The summed E-state index contributed by atoms with van der Waals surface area (Å²) < 4.78 is 0. The minimum Gasteiger partial charge on any atom is -0.353 e. The Morgan fingerprint density at radius 2 is 1.80 bits per heavy atom. The Morgan fingerprint density at radius 1 is 1.11 bits per heavy atom. The summed E-state index contributed by atoms with van der Waals surface area (Å²) in [6, 6.07) is 13.5. The Kier molecular flexibility index (Phi) is 9.42. The first-order valence-corrected chi connectivity index (χ1v) is 13.4. The van der Waals surface area contributed by atoms with Crippen LogP contribution in [0.25, 0.3) is 6.08 Å². The van der Waals surface area contributed by atoms with Crippen LogP contribution in [0.5, 0.6) is 0 Å². The molecule has 0 spiro atoms. The largest absolute Gasteiger partial charge is 0.353 e. The SMILES string of the molecule is CSc1ccc(/C=C2\SC(=O)N(CCNC(=O)C(NC(=O)c3ccccc3Cl)C(C)C)C2=O)cc1. The molecule has 4 amide bonds. The van der Waals surface area contributed by atoms with Crippen molar-refractivity contribution in [3.8, 4) is 0 Å². The number of thioether (sulfide) groups is 2. The number of carbonyl (C=O) groups excluding carboxylic acids is 4. The highest BCUT2D eigenvalue weighted by molar-refractivity contribution is 8.18. The Bertz CT molecular complexity index is 1150. The summed E-state index contributed by atoms with van der Waals surface area (Å²) in [7, 11) is 0. The molecule has 1 fully saturated rings. The van der Waals surface area contributed by atoms with Gasteiger partial charge in [0.15, 0.2) is 0 Å². The van der Waals surface area contributed by atoms with Gasteiger partial charge in [0, 0.05) is 18.0 Å². The van der Waals surface area contributed by atoms with Crippen molar-refractivity contribution in [1.29, 1.82) is 0 Å². The highest BCUT2D eigenvalue weighted by Gasteiger charge is 2.35.